The number of hydrogen-bond donors (Lipinski definition) is 1. The van der Waals surface area contributed by atoms with Crippen molar-refractivity contribution < 1.29 is 0 Å². The van der Waals surface area contributed by atoms with Gasteiger partial charge in [0.25, 0.3) is 0 Å². The molecule has 240 valence electrons. The fraction of sp³-hybridized carbons (Fsp3) is 0.0204. The molecule has 0 atom stereocenters. The van der Waals surface area contributed by atoms with Crippen molar-refractivity contribution in [3.63, 3.8) is 0 Å². The summed E-state index contributed by atoms with van der Waals surface area (Å²) in [7, 11) is 0. The number of nitrogens with zero attached hydrogens (tertiary/aromatic N) is 1. The summed E-state index contributed by atoms with van der Waals surface area (Å²) in [5.74, 6) is 0. The normalized spacial score (nSPS) is 12.9. The van der Waals surface area contributed by atoms with Gasteiger partial charge in [0.15, 0.2) is 0 Å². The smallest absolute Gasteiger partial charge is 0.0713 e. The largest absolute Gasteiger partial charge is 0.355 e. The van der Waals surface area contributed by atoms with E-state index in [4.69, 9.17) is 0 Å². The summed E-state index contributed by atoms with van der Waals surface area (Å²) in [4.78, 5) is 0. The minimum absolute atomic E-state index is 0.392. The molecule has 1 heterocycles. The Labute approximate surface area is 297 Å². The van der Waals surface area contributed by atoms with Gasteiger partial charge < -0.3 is 9.88 Å². The van der Waals surface area contributed by atoms with Crippen LogP contribution in [0.2, 0.25) is 0 Å². The van der Waals surface area contributed by atoms with Gasteiger partial charge in [0.1, 0.15) is 0 Å². The molecule has 51 heavy (non-hydrogen) atoms. The first kappa shape index (κ1) is 29.3. The third kappa shape index (κ3) is 4.57. The van der Waals surface area contributed by atoms with Crippen LogP contribution in [0.4, 0.5) is 11.4 Å². The molecule has 0 unspecified atom stereocenters. The summed E-state index contributed by atoms with van der Waals surface area (Å²) in [5, 5.41) is 6.22. The van der Waals surface area contributed by atoms with Crippen molar-refractivity contribution in [2.24, 2.45) is 0 Å². The van der Waals surface area contributed by atoms with Gasteiger partial charge in [0, 0.05) is 27.8 Å². The maximum Gasteiger partial charge on any atom is 0.0713 e. The number of aromatic nitrogens is 1. The second kappa shape index (κ2) is 11.8. The Hall–Kier alpha value is -6.64. The Kier molecular flexibility index (Phi) is 6.75. The third-order valence-corrected chi connectivity index (χ3v) is 10.6. The van der Waals surface area contributed by atoms with E-state index in [9.17, 15) is 0 Å². The van der Waals surface area contributed by atoms with E-state index in [0.717, 1.165) is 17.1 Å². The Morgan fingerprint density at radius 3 is 1.71 bits per heavy atom. The van der Waals surface area contributed by atoms with Crippen LogP contribution in [0.15, 0.2) is 200 Å². The molecule has 1 N–H and O–H groups in total. The molecule has 1 aliphatic carbocycles. The topological polar surface area (TPSA) is 17.0 Å². The first-order valence-corrected chi connectivity index (χ1v) is 17.6. The molecule has 0 radical (unpaired) electrons. The summed E-state index contributed by atoms with van der Waals surface area (Å²) < 4.78 is 2.36. The molecule has 1 aromatic heterocycles. The van der Waals surface area contributed by atoms with Crippen LogP contribution in [0, 0.1) is 0 Å². The lowest BCUT2D eigenvalue weighted by Crippen LogP contribution is -2.28. The van der Waals surface area contributed by atoms with Gasteiger partial charge in [-0.05, 0) is 87.0 Å². The summed E-state index contributed by atoms with van der Waals surface area (Å²) in [6.45, 7) is 0. The molecule has 0 bridgehead atoms. The highest BCUT2D eigenvalue weighted by atomic mass is 15.0. The van der Waals surface area contributed by atoms with Crippen LogP contribution < -0.4 is 5.32 Å². The van der Waals surface area contributed by atoms with Gasteiger partial charge in [-0.15, -0.1) is 0 Å². The highest BCUT2D eigenvalue weighted by molar-refractivity contribution is 6.10. The molecule has 0 aliphatic heterocycles. The third-order valence-electron chi connectivity index (χ3n) is 10.6. The highest BCUT2D eigenvalue weighted by Gasteiger charge is 2.45. The monoisotopic (exact) mass is 650 g/mol. The molecule has 2 nitrogen and oxygen atoms in total. The molecule has 0 fully saturated rings. The number of fused-ring (bicyclic) bond motifs is 6. The van der Waals surface area contributed by atoms with Crippen LogP contribution >= 0.6 is 0 Å². The molecule has 0 amide bonds. The summed E-state index contributed by atoms with van der Waals surface area (Å²) in [6, 6.07) is 72.7. The molecular formula is C49H34N2. The van der Waals surface area contributed by atoms with E-state index >= 15 is 0 Å². The average Bonchev–Trinajstić information content (AvgIpc) is 3.69. The lowest BCUT2D eigenvalue weighted by molar-refractivity contribution is 0.768. The zero-order chi connectivity index (χ0) is 33.8. The van der Waals surface area contributed by atoms with Crippen LogP contribution in [0.5, 0.6) is 0 Å². The molecule has 9 aromatic rings. The maximum absolute atomic E-state index is 3.72. The van der Waals surface area contributed by atoms with E-state index in [-0.39, 0.29) is 0 Å². The van der Waals surface area contributed by atoms with Gasteiger partial charge in [-0.2, -0.15) is 0 Å². The fourth-order valence-corrected chi connectivity index (χ4v) is 8.47. The Bertz CT molecular complexity index is 2660. The number of hydrogen-bond acceptors (Lipinski definition) is 1. The standard InChI is InChI=1S/C49H34N2/c1-3-15-36(16-4-1)49(45-23-10-7-20-41(45)42-21-8-11-24-46(42)49)37-28-26-34(27-29-37)35-14-13-17-38(32-35)50-39-30-31-44-43-22-9-12-25-47(43)51(48(44)33-39)40-18-5-2-6-19-40/h1-33,50H. The minimum atomic E-state index is -0.392. The Morgan fingerprint density at radius 2 is 0.961 bits per heavy atom. The zero-order valence-corrected chi connectivity index (χ0v) is 28.0. The van der Waals surface area contributed by atoms with Crippen LogP contribution in [-0.2, 0) is 5.41 Å². The lowest BCUT2D eigenvalue weighted by Gasteiger charge is -2.34. The van der Waals surface area contributed by atoms with Gasteiger partial charge in [-0.1, -0.05) is 158 Å². The summed E-state index contributed by atoms with van der Waals surface area (Å²) >= 11 is 0. The van der Waals surface area contributed by atoms with Crippen molar-refractivity contribution in [1.29, 1.82) is 0 Å². The van der Waals surface area contributed by atoms with Gasteiger partial charge in [0.05, 0.1) is 16.4 Å². The molecule has 2 heteroatoms. The van der Waals surface area contributed by atoms with Crippen LogP contribution in [0.1, 0.15) is 22.3 Å². The van der Waals surface area contributed by atoms with E-state index in [2.05, 4.69) is 210 Å². The van der Waals surface area contributed by atoms with E-state index in [0.29, 0.717) is 0 Å². The van der Waals surface area contributed by atoms with Gasteiger partial charge in [-0.3, -0.25) is 0 Å². The minimum Gasteiger partial charge on any atom is -0.355 e. The van der Waals surface area contributed by atoms with E-state index < -0.39 is 5.41 Å². The number of para-hydroxylation sites is 2. The number of anilines is 2. The van der Waals surface area contributed by atoms with Gasteiger partial charge >= 0.3 is 0 Å². The predicted octanol–water partition coefficient (Wildman–Crippen LogP) is 12.6. The summed E-state index contributed by atoms with van der Waals surface area (Å²) in [6.07, 6.45) is 0. The Morgan fingerprint density at radius 1 is 0.373 bits per heavy atom. The summed E-state index contributed by atoms with van der Waals surface area (Å²) in [5.41, 5.74) is 15.5. The van der Waals surface area contributed by atoms with Crippen molar-refractivity contribution >= 4 is 33.2 Å². The quantitative estimate of drug-likeness (QED) is 0.189. The second-order valence-corrected chi connectivity index (χ2v) is 13.4. The van der Waals surface area contributed by atoms with Crippen molar-refractivity contribution in [3.05, 3.63) is 222 Å². The van der Waals surface area contributed by atoms with Crippen LogP contribution in [0.25, 0.3) is 49.7 Å². The van der Waals surface area contributed by atoms with Crippen molar-refractivity contribution in [1.82, 2.24) is 4.57 Å². The van der Waals surface area contributed by atoms with Gasteiger partial charge in [0.2, 0.25) is 0 Å². The number of nitrogens with one attached hydrogen (secondary N) is 1. The van der Waals surface area contributed by atoms with E-state index in [1.54, 1.807) is 0 Å². The van der Waals surface area contributed by atoms with Crippen molar-refractivity contribution in [3.8, 4) is 27.9 Å². The highest BCUT2D eigenvalue weighted by Crippen LogP contribution is 2.56. The molecule has 8 aromatic carbocycles. The maximum atomic E-state index is 3.72. The predicted molar refractivity (Wildman–Crippen MR) is 213 cm³/mol. The second-order valence-electron chi connectivity index (χ2n) is 13.4. The first-order valence-electron chi connectivity index (χ1n) is 17.6. The molecule has 0 spiro atoms. The van der Waals surface area contributed by atoms with Crippen molar-refractivity contribution in [2.75, 3.05) is 5.32 Å². The van der Waals surface area contributed by atoms with E-state index in [1.807, 2.05) is 0 Å². The van der Waals surface area contributed by atoms with Crippen molar-refractivity contribution in [2.45, 2.75) is 5.41 Å². The fourth-order valence-electron chi connectivity index (χ4n) is 8.47. The SMILES string of the molecule is c1ccc(-n2c3ccccc3c3ccc(Nc4cccc(-c5ccc(C6(c7ccccc7)c7ccccc7-c7ccccc76)cc5)c4)cc32)cc1. The number of benzene rings is 8. The average molecular weight is 651 g/mol. The lowest BCUT2D eigenvalue weighted by atomic mass is 9.67. The van der Waals surface area contributed by atoms with Crippen LogP contribution in [-0.4, -0.2) is 4.57 Å². The van der Waals surface area contributed by atoms with E-state index in [1.165, 1.54) is 66.3 Å². The van der Waals surface area contributed by atoms with Gasteiger partial charge in [-0.25, -0.2) is 0 Å². The molecule has 0 saturated carbocycles. The molecule has 0 saturated heterocycles. The number of rotatable bonds is 6. The first-order chi connectivity index (χ1) is 25.3. The molecular weight excluding hydrogens is 617 g/mol. The molecule has 10 rings (SSSR count). The van der Waals surface area contributed by atoms with Crippen LogP contribution in [0.3, 0.4) is 0 Å². The zero-order valence-electron chi connectivity index (χ0n) is 28.0. The Balaban J connectivity index is 1.03. The molecule has 1 aliphatic rings.